The van der Waals surface area contributed by atoms with Crippen LogP contribution in [0.5, 0.6) is 0 Å². The summed E-state index contributed by atoms with van der Waals surface area (Å²) in [5.41, 5.74) is 4.06. The Balaban J connectivity index is 0.000000146. The van der Waals surface area contributed by atoms with Crippen molar-refractivity contribution < 1.29 is 17.6 Å². The molecule has 36 heavy (non-hydrogen) atoms. The summed E-state index contributed by atoms with van der Waals surface area (Å²) in [6, 6.07) is 19.7. The first kappa shape index (κ1) is 26.9. The van der Waals surface area contributed by atoms with Gasteiger partial charge in [-0.25, -0.2) is 15.0 Å². The summed E-state index contributed by atoms with van der Waals surface area (Å²) < 4.78 is 5.90. The van der Waals surface area contributed by atoms with E-state index in [1.165, 1.54) is 23.1 Å². The zero-order chi connectivity index (χ0) is 25.8. The van der Waals surface area contributed by atoms with Crippen molar-refractivity contribution in [3.63, 3.8) is 0 Å². The SMILES string of the molecule is Cn1ccnc1-c1ccccn1.Cn1ccnc1-c1ccccn1.Cn1cnc2ccccc21.[Cl][Os]. The predicted molar refractivity (Wildman–Crippen MR) is 139 cm³/mol. The Morgan fingerprint density at radius 3 is 1.47 bits per heavy atom. The molecule has 1 aromatic carbocycles. The van der Waals surface area contributed by atoms with Crippen molar-refractivity contribution in [1.82, 2.24) is 38.6 Å². The van der Waals surface area contributed by atoms with Crippen molar-refractivity contribution in [1.29, 1.82) is 0 Å². The van der Waals surface area contributed by atoms with E-state index in [1.807, 2.05) is 108 Å². The fourth-order valence-corrected chi connectivity index (χ4v) is 3.30. The Kier molecular flexibility index (Phi) is 10.5. The molecule has 0 bridgehead atoms. The summed E-state index contributed by atoms with van der Waals surface area (Å²) in [4.78, 5) is 21.0. The van der Waals surface area contributed by atoms with Crippen LogP contribution in [0.1, 0.15) is 0 Å². The molecule has 0 aliphatic rings. The average Bonchev–Trinajstić information content (AvgIpc) is 3.67. The molecule has 0 saturated heterocycles. The first-order valence-corrected chi connectivity index (χ1v) is 14.0. The maximum absolute atomic E-state index is 4.67. The molecule has 185 valence electrons. The number of imidazole rings is 3. The van der Waals surface area contributed by atoms with Crippen LogP contribution in [-0.2, 0) is 38.7 Å². The van der Waals surface area contributed by atoms with E-state index >= 15 is 0 Å². The second kappa shape index (κ2) is 14.0. The minimum absolute atomic E-state index is 0.899. The summed E-state index contributed by atoms with van der Waals surface area (Å²) >= 11 is 1.33. The van der Waals surface area contributed by atoms with Crippen molar-refractivity contribution in [3.05, 3.63) is 104 Å². The molecule has 5 aromatic heterocycles. The maximum atomic E-state index is 4.67. The fraction of sp³-hybridized carbons (Fsp3) is 0.115. The summed E-state index contributed by atoms with van der Waals surface area (Å²) in [6.45, 7) is 0. The van der Waals surface area contributed by atoms with E-state index in [0.29, 0.717) is 0 Å². The van der Waals surface area contributed by atoms with Gasteiger partial charge in [0.25, 0.3) is 0 Å². The number of fused-ring (bicyclic) bond motifs is 1. The number of rotatable bonds is 2. The van der Waals surface area contributed by atoms with Crippen LogP contribution in [0, 0.1) is 0 Å². The van der Waals surface area contributed by atoms with E-state index in [9.17, 15) is 0 Å². The Labute approximate surface area is 224 Å². The molecule has 5 heterocycles. The Morgan fingerprint density at radius 2 is 1.06 bits per heavy atom. The molecule has 10 heteroatoms. The van der Waals surface area contributed by atoms with Crippen LogP contribution < -0.4 is 0 Å². The molecule has 0 N–H and O–H groups in total. The zero-order valence-electron chi connectivity index (χ0n) is 20.1. The molecule has 0 radical (unpaired) electrons. The number of benzene rings is 1. The molecular formula is C26H26ClN8Os. The third kappa shape index (κ3) is 7.17. The third-order valence-corrected chi connectivity index (χ3v) is 5.06. The molecule has 0 saturated carbocycles. The van der Waals surface area contributed by atoms with Crippen LogP contribution in [0.25, 0.3) is 34.1 Å². The van der Waals surface area contributed by atoms with Gasteiger partial charge in [0.15, 0.2) is 11.6 Å². The van der Waals surface area contributed by atoms with E-state index in [4.69, 9.17) is 0 Å². The van der Waals surface area contributed by atoms with Crippen LogP contribution >= 0.6 is 9.64 Å². The van der Waals surface area contributed by atoms with E-state index in [1.54, 1.807) is 24.8 Å². The van der Waals surface area contributed by atoms with Crippen molar-refractivity contribution in [2.45, 2.75) is 0 Å². The first-order valence-electron chi connectivity index (χ1n) is 10.9. The van der Waals surface area contributed by atoms with Crippen LogP contribution in [-0.4, -0.2) is 38.6 Å². The monoisotopic (exact) mass is 677 g/mol. The Bertz CT molecular complexity index is 1370. The van der Waals surface area contributed by atoms with Gasteiger partial charge in [0.1, 0.15) is 11.4 Å². The fourth-order valence-electron chi connectivity index (χ4n) is 3.30. The molecule has 0 atom stereocenters. The van der Waals surface area contributed by atoms with Crippen LogP contribution in [0.2, 0.25) is 0 Å². The first-order chi connectivity index (χ1) is 17.6. The third-order valence-electron chi connectivity index (χ3n) is 5.06. The van der Waals surface area contributed by atoms with Gasteiger partial charge in [-0.15, -0.1) is 0 Å². The van der Waals surface area contributed by atoms with Gasteiger partial charge in [-0.1, -0.05) is 24.3 Å². The minimum atomic E-state index is 0.899. The van der Waals surface area contributed by atoms with Crippen LogP contribution in [0.4, 0.5) is 0 Å². The number of aryl methyl sites for hydroxylation is 3. The predicted octanol–water partition coefficient (Wildman–Crippen LogP) is 5.22. The molecule has 8 nitrogen and oxygen atoms in total. The second-order valence-corrected chi connectivity index (χ2v) is 7.50. The van der Waals surface area contributed by atoms with Gasteiger partial charge in [-0.3, -0.25) is 9.97 Å². The van der Waals surface area contributed by atoms with Crippen molar-refractivity contribution in [3.8, 4) is 23.0 Å². The summed E-state index contributed by atoms with van der Waals surface area (Å²) in [7, 11) is 10.6. The molecule has 0 unspecified atom stereocenters. The molecular weight excluding hydrogens is 650 g/mol. The molecule has 0 amide bonds. The van der Waals surface area contributed by atoms with Gasteiger partial charge in [0, 0.05) is 58.3 Å². The number of pyridine rings is 2. The van der Waals surface area contributed by atoms with E-state index in [2.05, 4.69) is 40.6 Å². The quantitative estimate of drug-likeness (QED) is 0.252. The van der Waals surface area contributed by atoms with Gasteiger partial charge in [0.2, 0.25) is 0 Å². The average molecular weight is 676 g/mol. The van der Waals surface area contributed by atoms with Crippen molar-refractivity contribution >= 4 is 20.7 Å². The Hall–Kier alpha value is -3.66. The van der Waals surface area contributed by atoms with Crippen molar-refractivity contribution in [2.75, 3.05) is 0 Å². The number of hydrogen-bond acceptors (Lipinski definition) is 5. The van der Waals surface area contributed by atoms with Gasteiger partial charge >= 0.3 is 27.2 Å². The standard InChI is InChI=1S/2C9H9N3.C8H8N2.ClH.Os/c2*1-12-7-6-11-9(12)8-4-2-3-5-10-8;1-10-6-9-7-4-2-3-5-8(7)10;;/h2*2-7H,1H3;2-6H,1H3;1H;/q;;;;+1/p-1. The molecule has 0 aliphatic carbocycles. The molecule has 0 spiro atoms. The zero-order valence-corrected chi connectivity index (χ0v) is 23.4. The number of hydrogen-bond donors (Lipinski definition) is 0. The van der Waals surface area contributed by atoms with Crippen LogP contribution in [0.3, 0.4) is 0 Å². The van der Waals surface area contributed by atoms with Gasteiger partial charge in [-0.2, -0.15) is 0 Å². The van der Waals surface area contributed by atoms with Gasteiger partial charge in [-0.05, 0) is 36.4 Å². The summed E-state index contributed by atoms with van der Waals surface area (Å²) in [5, 5.41) is 0. The second-order valence-electron chi connectivity index (χ2n) is 7.50. The van der Waals surface area contributed by atoms with E-state index < -0.39 is 0 Å². The summed E-state index contributed by atoms with van der Waals surface area (Å²) in [5.74, 6) is 1.80. The normalized spacial score (nSPS) is 9.81. The number of aromatic nitrogens is 8. The molecule has 6 aromatic rings. The van der Waals surface area contributed by atoms with E-state index in [-0.39, 0.29) is 0 Å². The van der Waals surface area contributed by atoms with Crippen LogP contribution in [0.15, 0.2) is 104 Å². The number of para-hydroxylation sites is 2. The Morgan fingerprint density at radius 1 is 0.556 bits per heavy atom. The topological polar surface area (TPSA) is 79.2 Å². The molecule has 6 rings (SSSR count). The van der Waals surface area contributed by atoms with Crippen molar-refractivity contribution in [2.24, 2.45) is 21.1 Å². The molecule has 0 fully saturated rings. The van der Waals surface area contributed by atoms with Gasteiger partial charge < -0.3 is 13.7 Å². The van der Waals surface area contributed by atoms with E-state index in [0.717, 1.165) is 28.6 Å². The van der Waals surface area contributed by atoms with Gasteiger partial charge in [0.05, 0.1) is 17.4 Å². The number of halogens is 1. The number of nitrogens with zero attached hydrogens (tertiary/aromatic N) is 8. The molecule has 0 aliphatic heterocycles. The summed E-state index contributed by atoms with van der Waals surface area (Å²) in [6.07, 6.45) is 12.7.